The summed E-state index contributed by atoms with van der Waals surface area (Å²) in [4.78, 5) is 0. The minimum atomic E-state index is 0.114. The Bertz CT molecular complexity index is 290. The van der Waals surface area contributed by atoms with Crippen molar-refractivity contribution in [2.75, 3.05) is 6.61 Å². The number of hydrogen-bond donors (Lipinski definition) is 1. The molecule has 1 fully saturated rings. The molecule has 1 aliphatic rings. The predicted octanol–water partition coefficient (Wildman–Crippen LogP) is 1.86. The Balaban J connectivity index is 2.22. The molecule has 2 rings (SSSR count). The van der Waals surface area contributed by atoms with Crippen LogP contribution in [0.4, 0.5) is 0 Å². The molecule has 2 atom stereocenters. The highest BCUT2D eigenvalue weighted by molar-refractivity contribution is 5.25. The Labute approximate surface area is 72.2 Å². The molecular weight excluding hydrogens is 152 g/mol. The maximum atomic E-state index is 8.97. The Kier molecular flexibility index (Phi) is 1.55. The third-order valence-electron chi connectivity index (χ3n) is 2.93. The molecule has 1 heterocycles. The quantitative estimate of drug-likeness (QED) is 0.727. The minimum absolute atomic E-state index is 0.114. The van der Waals surface area contributed by atoms with Crippen molar-refractivity contribution in [2.45, 2.75) is 25.7 Å². The summed E-state index contributed by atoms with van der Waals surface area (Å²) in [6.07, 6.45) is 1.05. The Hall–Kier alpha value is -0.760. The first-order valence-electron chi connectivity index (χ1n) is 4.34. The zero-order valence-corrected chi connectivity index (χ0v) is 7.50. The molecule has 2 unspecified atom stereocenters. The minimum Gasteiger partial charge on any atom is -0.466 e. The maximum Gasteiger partial charge on any atom is 0.110 e. The largest absolute Gasteiger partial charge is 0.466 e. The van der Waals surface area contributed by atoms with Gasteiger partial charge in [-0.2, -0.15) is 0 Å². The number of furan rings is 1. The highest BCUT2D eigenvalue weighted by Gasteiger charge is 2.52. The van der Waals surface area contributed by atoms with Crippen LogP contribution in [0.1, 0.15) is 24.9 Å². The molecule has 66 valence electrons. The highest BCUT2D eigenvalue weighted by atomic mass is 16.3. The number of rotatable bonds is 2. The van der Waals surface area contributed by atoms with E-state index in [0.717, 1.165) is 17.9 Å². The van der Waals surface area contributed by atoms with Gasteiger partial charge in [0.15, 0.2) is 0 Å². The zero-order chi connectivity index (χ0) is 8.77. The SMILES string of the molecule is Cc1ccc(C2(C)CC2CO)o1. The second kappa shape index (κ2) is 2.36. The van der Waals surface area contributed by atoms with Crippen molar-refractivity contribution in [3.63, 3.8) is 0 Å². The lowest BCUT2D eigenvalue weighted by Crippen LogP contribution is -2.04. The van der Waals surface area contributed by atoms with E-state index in [0.29, 0.717) is 5.92 Å². The first-order valence-corrected chi connectivity index (χ1v) is 4.34. The van der Waals surface area contributed by atoms with Crippen molar-refractivity contribution in [3.8, 4) is 0 Å². The van der Waals surface area contributed by atoms with Gasteiger partial charge < -0.3 is 9.52 Å². The third-order valence-corrected chi connectivity index (χ3v) is 2.93. The molecule has 0 amide bonds. The topological polar surface area (TPSA) is 33.4 Å². The molecule has 0 radical (unpaired) electrons. The van der Waals surface area contributed by atoms with Gasteiger partial charge in [0, 0.05) is 12.0 Å². The van der Waals surface area contributed by atoms with Crippen LogP contribution < -0.4 is 0 Å². The first kappa shape index (κ1) is 7.87. The fraction of sp³-hybridized carbons (Fsp3) is 0.600. The van der Waals surface area contributed by atoms with Gasteiger partial charge in [0.1, 0.15) is 11.5 Å². The maximum absolute atomic E-state index is 8.97. The first-order chi connectivity index (χ1) is 5.66. The number of aliphatic hydroxyl groups excluding tert-OH is 1. The molecule has 2 heteroatoms. The average molecular weight is 166 g/mol. The van der Waals surface area contributed by atoms with Crippen LogP contribution in [0.3, 0.4) is 0 Å². The van der Waals surface area contributed by atoms with Crippen LogP contribution in [0.2, 0.25) is 0 Å². The zero-order valence-electron chi connectivity index (χ0n) is 7.50. The summed E-state index contributed by atoms with van der Waals surface area (Å²) in [5.41, 5.74) is 0.114. The van der Waals surface area contributed by atoms with E-state index < -0.39 is 0 Å². The lowest BCUT2D eigenvalue weighted by atomic mass is 10.0. The van der Waals surface area contributed by atoms with Crippen LogP contribution in [-0.2, 0) is 5.41 Å². The van der Waals surface area contributed by atoms with E-state index in [1.807, 2.05) is 19.1 Å². The van der Waals surface area contributed by atoms with Gasteiger partial charge >= 0.3 is 0 Å². The summed E-state index contributed by atoms with van der Waals surface area (Å²) in [5, 5.41) is 8.97. The van der Waals surface area contributed by atoms with Crippen molar-refractivity contribution < 1.29 is 9.52 Å². The molecule has 0 aromatic carbocycles. The van der Waals surface area contributed by atoms with Gasteiger partial charge in [0.05, 0.1) is 0 Å². The van der Waals surface area contributed by atoms with Crippen LogP contribution in [-0.4, -0.2) is 11.7 Å². The van der Waals surface area contributed by atoms with Crippen LogP contribution in [0.15, 0.2) is 16.5 Å². The molecule has 0 spiro atoms. The molecule has 1 aromatic heterocycles. The average Bonchev–Trinajstić information content (AvgIpc) is 2.50. The van der Waals surface area contributed by atoms with E-state index in [1.165, 1.54) is 0 Å². The normalized spacial score (nSPS) is 33.8. The van der Waals surface area contributed by atoms with Crippen LogP contribution in [0.25, 0.3) is 0 Å². The molecule has 0 bridgehead atoms. The van der Waals surface area contributed by atoms with Crippen molar-refractivity contribution in [1.82, 2.24) is 0 Å². The molecule has 1 N–H and O–H groups in total. The van der Waals surface area contributed by atoms with Gasteiger partial charge in [-0.3, -0.25) is 0 Å². The molecule has 0 saturated heterocycles. The number of aliphatic hydroxyl groups is 1. The Morgan fingerprint density at radius 3 is 2.83 bits per heavy atom. The summed E-state index contributed by atoms with van der Waals surface area (Å²) < 4.78 is 5.53. The van der Waals surface area contributed by atoms with Crippen molar-refractivity contribution >= 4 is 0 Å². The lowest BCUT2D eigenvalue weighted by Gasteiger charge is -2.05. The summed E-state index contributed by atoms with van der Waals surface area (Å²) in [6, 6.07) is 4.00. The molecule has 12 heavy (non-hydrogen) atoms. The third kappa shape index (κ3) is 0.985. The van der Waals surface area contributed by atoms with Gasteiger partial charge in [-0.1, -0.05) is 6.92 Å². The molecule has 0 aliphatic heterocycles. The smallest absolute Gasteiger partial charge is 0.110 e. The van der Waals surface area contributed by atoms with Crippen molar-refractivity contribution in [1.29, 1.82) is 0 Å². The fourth-order valence-electron chi connectivity index (χ4n) is 1.76. The summed E-state index contributed by atoms with van der Waals surface area (Å²) in [7, 11) is 0. The Morgan fingerprint density at radius 1 is 1.67 bits per heavy atom. The summed E-state index contributed by atoms with van der Waals surface area (Å²) in [5.74, 6) is 2.39. The van der Waals surface area contributed by atoms with Crippen molar-refractivity contribution in [3.05, 3.63) is 23.7 Å². The second-order valence-corrected chi connectivity index (χ2v) is 3.91. The van der Waals surface area contributed by atoms with Gasteiger partial charge in [0.2, 0.25) is 0 Å². The van der Waals surface area contributed by atoms with E-state index in [9.17, 15) is 0 Å². The molecular formula is C10H14O2. The predicted molar refractivity (Wildman–Crippen MR) is 46.0 cm³/mol. The van der Waals surface area contributed by atoms with E-state index in [4.69, 9.17) is 9.52 Å². The standard InChI is InChI=1S/C10H14O2/c1-7-3-4-9(12-7)10(2)5-8(10)6-11/h3-4,8,11H,5-6H2,1-2H3. The van der Waals surface area contributed by atoms with Crippen LogP contribution in [0.5, 0.6) is 0 Å². The monoisotopic (exact) mass is 166 g/mol. The number of hydrogen-bond acceptors (Lipinski definition) is 2. The fourth-order valence-corrected chi connectivity index (χ4v) is 1.76. The van der Waals surface area contributed by atoms with Gasteiger partial charge in [-0.25, -0.2) is 0 Å². The second-order valence-electron chi connectivity index (χ2n) is 3.91. The van der Waals surface area contributed by atoms with Crippen molar-refractivity contribution in [2.24, 2.45) is 5.92 Å². The van der Waals surface area contributed by atoms with Crippen LogP contribution in [0, 0.1) is 12.8 Å². The molecule has 1 aliphatic carbocycles. The Morgan fingerprint density at radius 2 is 2.42 bits per heavy atom. The van der Waals surface area contributed by atoms with Gasteiger partial charge in [-0.05, 0) is 31.4 Å². The molecule has 2 nitrogen and oxygen atoms in total. The van der Waals surface area contributed by atoms with Gasteiger partial charge in [0.25, 0.3) is 0 Å². The van der Waals surface area contributed by atoms with Gasteiger partial charge in [-0.15, -0.1) is 0 Å². The van der Waals surface area contributed by atoms with E-state index in [-0.39, 0.29) is 12.0 Å². The van der Waals surface area contributed by atoms with Crippen LogP contribution >= 0.6 is 0 Å². The summed E-state index contributed by atoms with van der Waals surface area (Å²) >= 11 is 0. The number of aryl methyl sites for hydroxylation is 1. The summed E-state index contributed by atoms with van der Waals surface area (Å²) in [6.45, 7) is 4.37. The van der Waals surface area contributed by atoms with E-state index in [2.05, 4.69) is 6.92 Å². The van der Waals surface area contributed by atoms with E-state index >= 15 is 0 Å². The lowest BCUT2D eigenvalue weighted by molar-refractivity contribution is 0.260. The molecule has 1 aromatic rings. The molecule has 1 saturated carbocycles. The highest BCUT2D eigenvalue weighted by Crippen LogP contribution is 2.53. The van der Waals surface area contributed by atoms with E-state index in [1.54, 1.807) is 0 Å².